The number of benzene rings is 2. The third kappa shape index (κ3) is 3.79. The summed E-state index contributed by atoms with van der Waals surface area (Å²) in [4.78, 5) is 5.49. The van der Waals surface area contributed by atoms with Crippen molar-refractivity contribution in [3.63, 3.8) is 0 Å². The largest absolute Gasteiger partial charge is 0.338 e. The van der Waals surface area contributed by atoms with Gasteiger partial charge in [0.25, 0.3) is 0 Å². The van der Waals surface area contributed by atoms with Crippen molar-refractivity contribution in [2.75, 3.05) is 0 Å². The van der Waals surface area contributed by atoms with Crippen molar-refractivity contribution >= 4 is 23.1 Å². The monoisotopic (exact) mass is 431 g/mol. The number of nitrogens with zero attached hydrogens (tertiary/aromatic N) is 5. The maximum Gasteiger partial charge on any atom is 0.237 e. The second-order valence-electron chi connectivity index (χ2n) is 6.62. The molecule has 0 saturated heterocycles. The van der Waals surface area contributed by atoms with Crippen LogP contribution < -0.4 is 0 Å². The van der Waals surface area contributed by atoms with Crippen LogP contribution in [0.1, 0.15) is 11.5 Å². The van der Waals surface area contributed by atoms with Crippen molar-refractivity contribution in [2.24, 2.45) is 0 Å². The van der Waals surface area contributed by atoms with E-state index >= 15 is 0 Å². The molecular formula is C22H17N5OS2. The highest BCUT2D eigenvalue weighted by Crippen LogP contribution is 2.30. The maximum absolute atomic E-state index is 5.43. The number of thiophene rings is 1. The van der Waals surface area contributed by atoms with E-state index in [2.05, 4.69) is 56.1 Å². The van der Waals surface area contributed by atoms with E-state index in [0.29, 0.717) is 17.5 Å². The quantitative estimate of drug-likeness (QED) is 0.324. The molecule has 3 aromatic heterocycles. The van der Waals surface area contributed by atoms with E-state index in [1.807, 2.05) is 47.8 Å². The molecule has 2 aromatic carbocycles. The van der Waals surface area contributed by atoms with E-state index in [-0.39, 0.29) is 0 Å². The molecule has 0 aliphatic rings. The first-order chi connectivity index (χ1) is 14.8. The lowest BCUT2D eigenvalue weighted by atomic mass is 10.2. The average molecular weight is 432 g/mol. The number of hydrogen-bond acceptors (Lipinski definition) is 7. The Bertz CT molecular complexity index is 1240. The molecule has 0 aliphatic carbocycles. The number of thioether (sulfide) groups is 1. The van der Waals surface area contributed by atoms with Crippen LogP contribution in [0.15, 0.2) is 81.8 Å². The zero-order chi connectivity index (χ0) is 20.3. The normalized spacial score (nSPS) is 11.1. The summed E-state index contributed by atoms with van der Waals surface area (Å²) < 4.78 is 7.50. The molecule has 0 bridgehead atoms. The third-order valence-corrected chi connectivity index (χ3v) is 6.27. The van der Waals surface area contributed by atoms with Gasteiger partial charge in [0.05, 0.1) is 10.6 Å². The van der Waals surface area contributed by atoms with Gasteiger partial charge in [0.15, 0.2) is 11.0 Å². The van der Waals surface area contributed by atoms with Gasteiger partial charge >= 0.3 is 0 Å². The lowest BCUT2D eigenvalue weighted by Gasteiger charge is -2.10. The SMILES string of the molecule is Cc1ccc(-n2c(SCc3nc(-c4cccs4)no3)nnc2-c2ccccc2)cc1. The van der Waals surface area contributed by atoms with Gasteiger partial charge in [-0.25, -0.2) is 0 Å². The predicted molar refractivity (Wildman–Crippen MR) is 119 cm³/mol. The van der Waals surface area contributed by atoms with Crippen LogP contribution in [0.5, 0.6) is 0 Å². The number of rotatable bonds is 6. The summed E-state index contributed by atoms with van der Waals surface area (Å²) >= 11 is 3.11. The summed E-state index contributed by atoms with van der Waals surface area (Å²) in [6.07, 6.45) is 0. The molecule has 0 N–H and O–H groups in total. The molecule has 5 aromatic rings. The summed E-state index contributed by atoms with van der Waals surface area (Å²) in [5.74, 6) is 2.48. The molecule has 0 atom stereocenters. The van der Waals surface area contributed by atoms with Gasteiger partial charge in [-0.1, -0.05) is 71.0 Å². The molecule has 6 nitrogen and oxygen atoms in total. The minimum Gasteiger partial charge on any atom is -0.338 e. The van der Waals surface area contributed by atoms with Crippen molar-refractivity contribution in [3.8, 4) is 27.8 Å². The average Bonchev–Trinajstić information content (AvgIpc) is 3.53. The summed E-state index contributed by atoms with van der Waals surface area (Å²) in [5.41, 5.74) is 3.22. The van der Waals surface area contributed by atoms with Gasteiger partial charge in [-0.15, -0.1) is 21.5 Å². The number of aryl methyl sites for hydroxylation is 1. The molecule has 0 unspecified atom stereocenters. The molecule has 148 valence electrons. The van der Waals surface area contributed by atoms with E-state index in [0.717, 1.165) is 27.1 Å². The highest BCUT2D eigenvalue weighted by atomic mass is 32.2. The van der Waals surface area contributed by atoms with Gasteiger partial charge in [0.2, 0.25) is 11.7 Å². The maximum atomic E-state index is 5.43. The molecular weight excluding hydrogens is 414 g/mol. The lowest BCUT2D eigenvalue weighted by Crippen LogP contribution is -2.00. The zero-order valence-corrected chi connectivity index (χ0v) is 17.7. The Labute approximate surface area is 181 Å². The van der Waals surface area contributed by atoms with Crippen LogP contribution in [0.25, 0.3) is 27.8 Å². The van der Waals surface area contributed by atoms with Gasteiger partial charge in [0, 0.05) is 11.3 Å². The van der Waals surface area contributed by atoms with Crippen LogP contribution in [-0.2, 0) is 5.75 Å². The fraction of sp³-hybridized carbons (Fsp3) is 0.0909. The molecule has 0 amide bonds. The first kappa shape index (κ1) is 18.8. The number of hydrogen-bond donors (Lipinski definition) is 0. The minimum atomic E-state index is 0.511. The van der Waals surface area contributed by atoms with E-state index < -0.39 is 0 Å². The number of aromatic nitrogens is 5. The molecule has 0 aliphatic heterocycles. The van der Waals surface area contributed by atoms with Crippen molar-refractivity contribution in [1.82, 2.24) is 24.9 Å². The molecule has 30 heavy (non-hydrogen) atoms. The van der Waals surface area contributed by atoms with E-state index in [4.69, 9.17) is 4.52 Å². The molecule has 0 fully saturated rings. The van der Waals surface area contributed by atoms with Gasteiger partial charge < -0.3 is 4.52 Å². The van der Waals surface area contributed by atoms with E-state index in [1.54, 1.807) is 11.3 Å². The Morgan fingerprint density at radius 1 is 0.967 bits per heavy atom. The van der Waals surface area contributed by atoms with Crippen LogP contribution in [0.3, 0.4) is 0 Å². The second kappa shape index (κ2) is 8.25. The first-order valence-electron chi connectivity index (χ1n) is 9.35. The molecule has 3 heterocycles. The van der Waals surface area contributed by atoms with Crippen molar-refractivity contribution in [2.45, 2.75) is 17.8 Å². The Hall–Kier alpha value is -3.23. The minimum absolute atomic E-state index is 0.511. The van der Waals surface area contributed by atoms with Crippen LogP contribution in [-0.4, -0.2) is 24.9 Å². The predicted octanol–water partition coefficient (Wildman–Crippen LogP) is 5.65. The van der Waals surface area contributed by atoms with Crippen LogP contribution in [0, 0.1) is 6.92 Å². The Balaban J connectivity index is 1.46. The van der Waals surface area contributed by atoms with Gasteiger partial charge in [-0.2, -0.15) is 4.98 Å². The summed E-state index contributed by atoms with van der Waals surface area (Å²) in [7, 11) is 0. The standard InChI is InChI=1S/C22H17N5OS2/c1-15-9-11-17(12-10-15)27-21(16-6-3-2-4-7-16)24-25-22(27)30-14-19-23-20(26-28-19)18-8-5-13-29-18/h2-13H,14H2,1H3. The summed E-state index contributed by atoms with van der Waals surface area (Å²) in [5, 5.41) is 15.8. The van der Waals surface area contributed by atoms with Crippen molar-refractivity contribution in [1.29, 1.82) is 0 Å². The fourth-order valence-corrected chi connectivity index (χ4v) is 4.45. The highest BCUT2D eigenvalue weighted by molar-refractivity contribution is 7.98. The Morgan fingerprint density at radius 3 is 2.57 bits per heavy atom. The first-order valence-corrected chi connectivity index (χ1v) is 11.2. The topological polar surface area (TPSA) is 69.6 Å². The Morgan fingerprint density at radius 2 is 1.80 bits per heavy atom. The smallest absolute Gasteiger partial charge is 0.237 e. The molecule has 8 heteroatoms. The Kier molecular flexibility index (Phi) is 5.17. The van der Waals surface area contributed by atoms with Crippen molar-refractivity contribution < 1.29 is 4.52 Å². The molecule has 0 radical (unpaired) electrons. The van der Waals surface area contributed by atoms with Gasteiger partial charge in [0.1, 0.15) is 0 Å². The molecule has 0 saturated carbocycles. The molecule has 5 rings (SSSR count). The zero-order valence-electron chi connectivity index (χ0n) is 16.1. The second-order valence-corrected chi connectivity index (χ2v) is 8.51. The highest BCUT2D eigenvalue weighted by Gasteiger charge is 2.18. The van der Waals surface area contributed by atoms with E-state index in [1.165, 1.54) is 17.3 Å². The van der Waals surface area contributed by atoms with Crippen molar-refractivity contribution in [3.05, 3.63) is 83.6 Å². The van der Waals surface area contributed by atoms with Gasteiger partial charge in [-0.05, 0) is 30.5 Å². The van der Waals surface area contributed by atoms with Crippen LogP contribution >= 0.6 is 23.1 Å². The molecule has 0 spiro atoms. The summed E-state index contributed by atoms with van der Waals surface area (Å²) in [6.45, 7) is 2.07. The van der Waals surface area contributed by atoms with E-state index in [9.17, 15) is 0 Å². The fourth-order valence-electron chi connectivity index (χ4n) is 3.01. The van der Waals surface area contributed by atoms with Crippen LogP contribution in [0.4, 0.5) is 0 Å². The van der Waals surface area contributed by atoms with Gasteiger partial charge in [-0.3, -0.25) is 4.57 Å². The summed E-state index contributed by atoms with van der Waals surface area (Å²) in [6, 6.07) is 22.4. The third-order valence-electron chi connectivity index (χ3n) is 4.49. The lowest BCUT2D eigenvalue weighted by molar-refractivity contribution is 0.391. The van der Waals surface area contributed by atoms with Crippen LogP contribution in [0.2, 0.25) is 0 Å².